The lowest BCUT2D eigenvalue weighted by Gasteiger charge is -2.31. The number of benzene rings is 3. The quantitative estimate of drug-likeness (QED) is 0.407. The predicted octanol–water partition coefficient (Wildman–Crippen LogP) is 6.55. The topological polar surface area (TPSA) is 41.9 Å². The summed E-state index contributed by atoms with van der Waals surface area (Å²) in [7, 11) is 0. The van der Waals surface area contributed by atoms with E-state index in [9.17, 15) is 5.11 Å². The molecular formula is C32H33NO3. The Morgan fingerprint density at radius 3 is 2.53 bits per heavy atom. The number of likely N-dealkylation sites (tertiary alicyclic amines) is 1. The number of hydrogen-bond donors (Lipinski definition) is 1. The first kappa shape index (κ1) is 24.0. The number of ether oxygens (including phenoxy) is 2. The number of terminal acetylenes is 1. The second-order valence-electron chi connectivity index (χ2n) is 10.1. The first-order valence-corrected chi connectivity index (χ1v) is 12.7. The molecule has 3 aromatic rings. The van der Waals surface area contributed by atoms with Crippen molar-refractivity contribution in [3.05, 3.63) is 89.0 Å². The Labute approximate surface area is 214 Å². The molecule has 2 aliphatic rings. The van der Waals surface area contributed by atoms with Gasteiger partial charge in [0.2, 0.25) is 0 Å². The van der Waals surface area contributed by atoms with Gasteiger partial charge in [0, 0.05) is 29.3 Å². The third-order valence-electron chi connectivity index (χ3n) is 7.39. The zero-order chi connectivity index (χ0) is 25.2. The normalized spacial score (nSPS) is 20.4. The van der Waals surface area contributed by atoms with Crippen LogP contribution in [0.4, 0.5) is 0 Å². The van der Waals surface area contributed by atoms with Crippen LogP contribution in [0.1, 0.15) is 55.5 Å². The molecule has 184 valence electrons. The van der Waals surface area contributed by atoms with Crippen molar-refractivity contribution in [1.82, 2.24) is 4.90 Å². The average molecular weight is 480 g/mol. The molecular weight excluding hydrogens is 446 g/mol. The Kier molecular flexibility index (Phi) is 6.76. The lowest BCUT2D eigenvalue weighted by atomic mass is 9.86. The van der Waals surface area contributed by atoms with Gasteiger partial charge in [-0.15, -0.1) is 6.42 Å². The van der Waals surface area contributed by atoms with Gasteiger partial charge in [-0.3, -0.25) is 4.90 Å². The van der Waals surface area contributed by atoms with Gasteiger partial charge in [-0.2, -0.15) is 0 Å². The molecule has 5 rings (SSSR count). The maximum atomic E-state index is 10.1. The zero-order valence-corrected chi connectivity index (χ0v) is 21.2. The molecule has 2 heterocycles. The van der Waals surface area contributed by atoms with Gasteiger partial charge in [-0.1, -0.05) is 37.1 Å². The van der Waals surface area contributed by atoms with Crippen molar-refractivity contribution in [1.29, 1.82) is 0 Å². The number of hydrogen-bond acceptors (Lipinski definition) is 4. The van der Waals surface area contributed by atoms with Crippen LogP contribution in [0.15, 0.2) is 66.7 Å². The summed E-state index contributed by atoms with van der Waals surface area (Å²) in [5.74, 6) is 5.29. The number of nitrogens with zero attached hydrogens (tertiary/aromatic N) is 1. The van der Waals surface area contributed by atoms with E-state index in [0.29, 0.717) is 12.6 Å². The molecule has 36 heavy (non-hydrogen) atoms. The van der Waals surface area contributed by atoms with Crippen LogP contribution in [0.3, 0.4) is 0 Å². The van der Waals surface area contributed by atoms with Crippen LogP contribution >= 0.6 is 0 Å². The fourth-order valence-electron chi connectivity index (χ4n) is 5.22. The van der Waals surface area contributed by atoms with E-state index in [0.717, 1.165) is 63.9 Å². The molecule has 0 aliphatic carbocycles. The Bertz CT molecular complexity index is 1300. The highest BCUT2D eigenvalue weighted by molar-refractivity contribution is 5.95. The third kappa shape index (κ3) is 4.85. The van der Waals surface area contributed by atoms with E-state index in [4.69, 9.17) is 15.9 Å². The number of fused-ring (bicyclic) bond motifs is 1. The lowest BCUT2D eigenvalue weighted by Crippen LogP contribution is -2.35. The SMILES string of the molecule is C#Cc1ccc(C2=C(C)c3cc(O)ccc3OC2c2ccc(OCC(C)N3CCC(C)C3)cc2)cc1. The van der Waals surface area contributed by atoms with Crippen LogP contribution in [-0.2, 0) is 0 Å². The van der Waals surface area contributed by atoms with Crippen molar-refractivity contribution in [2.24, 2.45) is 5.92 Å². The van der Waals surface area contributed by atoms with Crippen LogP contribution in [0.2, 0.25) is 0 Å². The molecule has 4 nitrogen and oxygen atoms in total. The molecule has 0 radical (unpaired) electrons. The van der Waals surface area contributed by atoms with Crippen LogP contribution < -0.4 is 9.47 Å². The van der Waals surface area contributed by atoms with Crippen molar-refractivity contribution in [2.75, 3.05) is 19.7 Å². The summed E-state index contributed by atoms with van der Waals surface area (Å²) in [6.45, 7) is 9.61. The molecule has 0 spiro atoms. The molecule has 3 atom stereocenters. The van der Waals surface area contributed by atoms with E-state index < -0.39 is 0 Å². The molecule has 3 unspecified atom stereocenters. The van der Waals surface area contributed by atoms with Gasteiger partial charge in [0.1, 0.15) is 30.0 Å². The molecule has 4 heteroatoms. The summed E-state index contributed by atoms with van der Waals surface area (Å²) >= 11 is 0. The van der Waals surface area contributed by atoms with Gasteiger partial charge in [0.05, 0.1) is 0 Å². The monoisotopic (exact) mass is 479 g/mol. The minimum atomic E-state index is -0.294. The van der Waals surface area contributed by atoms with E-state index in [1.165, 1.54) is 6.42 Å². The zero-order valence-electron chi connectivity index (χ0n) is 21.2. The average Bonchev–Trinajstić information content (AvgIpc) is 3.34. The van der Waals surface area contributed by atoms with E-state index in [2.05, 4.69) is 43.7 Å². The minimum absolute atomic E-state index is 0.219. The molecule has 0 amide bonds. The molecule has 0 bridgehead atoms. The second-order valence-corrected chi connectivity index (χ2v) is 10.1. The van der Waals surface area contributed by atoms with Crippen LogP contribution in [0.5, 0.6) is 17.2 Å². The summed E-state index contributed by atoms with van der Waals surface area (Å²) in [6.07, 6.45) is 6.55. The summed E-state index contributed by atoms with van der Waals surface area (Å²) in [5.41, 5.74) is 5.94. The van der Waals surface area contributed by atoms with Crippen molar-refractivity contribution in [3.8, 4) is 29.6 Å². The molecule has 0 aromatic heterocycles. The van der Waals surface area contributed by atoms with Gasteiger partial charge >= 0.3 is 0 Å². The molecule has 1 fully saturated rings. The highest BCUT2D eigenvalue weighted by Crippen LogP contribution is 2.47. The molecule has 2 aliphatic heterocycles. The van der Waals surface area contributed by atoms with Crippen LogP contribution in [0, 0.1) is 18.3 Å². The molecule has 1 saturated heterocycles. The Hall–Kier alpha value is -3.68. The first-order chi connectivity index (χ1) is 17.4. The lowest BCUT2D eigenvalue weighted by molar-refractivity contribution is 0.169. The van der Waals surface area contributed by atoms with Crippen LogP contribution in [0.25, 0.3) is 11.1 Å². The molecule has 1 N–H and O–H groups in total. The predicted molar refractivity (Wildman–Crippen MR) is 145 cm³/mol. The second kappa shape index (κ2) is 10.1. The Balaban J connectivity index is 1.41. The highest BCUT2D eigenvalue weighted by Gasteiger charge is 2.29. The fraction of sp³-hybridized carbons (Fsp3) is 0.312. The van der Waals surface area contributed by atoms with E-state index in [-0.39, 0.29) is 11.9 Å². The van der Waals surface area contributed by atoms with Gasteiger partial charge in [-0.25, -0.2) is 0 Å². The summed E-state index contributed by atoms with van der Waals surface area (Å²) in [4.78, 5) is 2.51. The van der Waals surface area contributed by atoms with Gasteiger partial charge in [-0.05, 0) is 91.9 Å². The number of rotatable bonds is 6. The summed E-state index contributed by atoms with van der Waals surface area (Å²) < 4.78 is 12.7. The molecule has 3 aromatic carbocycles. The van der Waals surface area contributed by atoms with Gasteiger partial charge < -0.3 is 14.6 Å². The smallest absolute Gasteiger partial charge is 0.150 e. The van der Waals surface area contributed by atoms with Crippen molar-refractivity contribution < 1.29 is 14.6 Å². The van der Waals surface area contributed by atoms with E-state index in [1.54, 1.807) is 12.1 Å². The van der Waals surface area contributed by atoms with Crippen molar-refractivity contribution >= 4 is 11.1 Å². The maximum Gasteiger partial charge on any atom is 0.150 e. The molecule has 0 saturated carbocycles. The standard InChI is InChI=1S/C32H33NO3/c1-5-24-6-8-25(9-7-24)31-23(4)29-18-27(34)12-15-30(29)36-32(31)26-10-13-28(14-11-26)35-20-22(3)33-17-16-21(2)19-33/h1,6-15,18,21-22,32,34H,16-17,19-20H2,2-4H3. The summed E-state index contributed by atoms with van der Waals surface area (Å²) in [5, 5.41) is 10.1. The number of phenolic OH excluding ortho intramolecular Hbond substituents is 1. The number of allylic oxidation sites excluding steroid dienone is 1. The highest BCUT2D eigenvalue weighted by atomic mass is 16.5. The van der Waals surface area contributed by atoms with Crippen molar-refractivity contribution in [3.63, 3.8) is 0 Å². The van der Waals surface area contributed by atoms with Gasteiger partial charge in [0.15, 0.2) is 0 Å². The third-order valence-corrected chi connectivity index (χ3v) is 7.39. The van der Waals surface area contributed by atoms with Crippen LogP contribution in [-0.4, -0.2) is 35.7 Å². The Morgan fingerprint density at radius 1 is 1.11 bits per heavy atom. The van der Waals surface area contributed by atoms with Crippen molar-refractivity contribution in [2.45, 2.75) is 39.3 Å². The van der Waals surface area contributed by atoms with E-state index in [1.807, 2.05) is 42.5 Å². The Morgan fingerprint density at radius 2 is 1.86 bits per heavy atom. The summed E-state index contributed by atoms with van der Waals surface area (Å²) in [6, 6.07) is 21.8. The van der Waals surface area contributed by atoms with E-state index >= 15 is 0 Å². The fourth-order valence-corrected chi connectivity index (χ4v) is 5.22. The minimum Gasteiger partial charge on any atom is -0.508 e. The van der Waals surface area contributed by atoms with Gasteiger partial charge in [0.25, 0.3) is 0 Å². The number of aromatic hydroxyl groups is 1. The maximum absolute atomic E-state index is 10.1. The largest absolute Gasteiger partial charge is 0.508 e. The number of phenols is 1. The first-order valence-electron chi connectivity index (χ1n) is 12.7.